The summed E-state index contributed by atoms with van der Waals surface area (Å²) < 4.78 is 5.48. The molecule has 0 unspecified atom stereocenters. The Morgan fingerprint density at radius 3 is 2.67 bits per heavy atom. The van der Waals surface area contributed by atoms with Crippen molar-refractivity contribution in [3.05, 3.63) is 6.33 Å². The number of rotatable bonds is 4. The van der Waals surface area contributed by atoms with Gasteiger partial charge in [-0.1, -0.05) is 0 Å². The molecule has 5 heteroatoms. The molecule has 5 nitrogen and oxygen atoms in total. The number of aromatic nitrogens is 2. The van der Waals surface area contributed by atoms with Crippen molar-refractivity contribution < 1.29 is 4.74 Å². The first-order valence-corrected chi connectivity index (χ1v) is 5.04. The van der Waals surface area contributed by atoms with Crippen LogP contribution in [0, 0.1) is 0 Å². The quantitative estimate of drug-likeness (QED) is 0.811. The highest BCUT2D eigenvalue weighted by Gasteiger charge is 2.12. The van der Waals surface area contributed by atoms with Gasteiger partial charge in [-0.2, -0.15) is 4.98 Å². The van der Waals surface area contributed by atoms with Crippen LogP contribution in [0.15, 0.2) is 6.33 Å². The topological polar surface area (TPSA) is 64.3 Å². The standard InChI is InChI=1S/C10H18N4O/c1-5-14(4)9-8(11)10(13-6-12-9)15-7(2)3/h6-7H,5,11H2,1-4H3. The second-order valence-corrected chi connectivity index (χ2v) is 3.60. The summed E-state index contributed by atoms with van der Waals surface area (Å²) in [6.07, 6.45) is 1.53. The zero-order valence-corrected chi connectivity index (χ0v) is 9.69. The number of hydrogen-bond donors (Lipinski definition) is 1. The number of nitrogens with two attached hydrogens (primary N) is 1. The van der Waals surface area contributed by atoms with E-state index in [2.05, 4.69) is 9.97 Å². The Morgan fingerprint density at radius 2 is 2.13 bits per heavy atom. The molecule has 1 aromatic heterocycles. The van der Waals surface area contributed by atoms with Crippen molar-refractivity contribution in [2.45, 2.75) is 26.9 Å². The van der Waals surface area contributed by atoms with Crippen molar-refractivity contribution in [1.82, 2.24) is 9.97 Å². The summed E-state index contributed by atoms with van der Waals surface area (Å²) in [7, 11) is 1.93. The summed E-state index contributed by atoms with van der Waals surface area (Å²) in [5, 5.41) is 0. The summed E-state index contributed by atoms with van der Waals surface area (Å²) in [6, 6.07) is 0. The van der Waals surface area contributed by atoms with Gasteiger partial charge in [0, 0.05) is 13.6 Å². The van der Waals surface area contributed by atoms with Crippen LogP contribution < -0.4 is 15.4 Å². The van der Waals surface area contributed by atoms with Gasteiger partial charge in [0.2, 0.25) is 5.88 Å². The SMILES string of the molecule is CCN(C)c1ncnc(OC(C)C)c1N. The monoisotopic (exact) mass is 210 g/mol. The van der Waals surface area contributed by atoms with Gasteiger partial charge in [0.25, 0.3) is 0 Å². The Morgan fingerprint density at radius 1 is 1.47 bits per heavy atom. The molecular formula is C10H18N4O. The molecule has 0 aliphatic heterocycles. The molecule has 84 valence electrons. The van der Waals surface area contributed by atoms with Crippen LogP contribution in [-0.4, -0.2) is 29.7 Å². The van der Waals surface area contributed by atoms with Gasteiger partial charge in [-0.25, -0.2) is 4.98 Å². The van der Waals surface area contributed by atoms with Gasteiger partial charge in [0.15, 0.2) is 5.82 Å². The first-order valence-electron chi connectivity index (χ1n) is 5.04. The number of nitrogens with zero attached hydrogens (tertiary/aromatic N) is 3. The van der Waals surface area contributed by atoms with Crippen LogP contribution in [0.3, 0.4) is 0 Å². The van der Waals surface area contributed by atoms with Crippen molar-refractivity contribution >= 4 is 11.5 Å². The Labute approximate surface area is 90.3 Å². The maximum Gasteiger partial charge on any atom is 0.242 e. The van der Waals surface area contributed by atoms with Crippen LogP contribution in [0.5, 0.6) is 5.88 Å². The van der Waals surface area contributed by atoms with Gasteiger partial charge in [-0.3, -0.25) is 0 Å². The Hall–Kier alpha value is -1.52. The van der Waals surface area contributed by atoms with Crippen LogP contribution in [0.4, 0.5) is 11.5 Å². The van der Waals surface area contributed by atoms with E-state index in [1.807, 2.05) is 32.7 Å². The predicted molar refractivity (Wildman–Crippen MR) is 61.2 cm³/mol. The summed E-state index contributed by atoms with van der Waals surface area (Å²) >= 11 is 0. The third-order valence-corrected chi connectivity index (χ3v) is 2.01. The molecule has 0 amide bonds. The van der Waals surface area contributed by atoms with E-state index in [0.717, 1.165) is 6.54 Å². The lowest BCUT2D eigenvalue weighted by Crippen LogP contribution is -2.20. The number of anilines is 2. The fourth-order valence-electron chi connectivity index (χ4n) is 1.14. The van der Waals surface area contributed by atoms with E-state index in [1.54, 1.807) is 0 Å². The summed E-state index contributed by atoms with van der Waals surface area (Å²) in [6.45, 7) is 6.74. The van der Waals surface area contributed by atoms with Gasteiger partial charge in [-0.15, -0.1) is 0 Å². The fraction of sp³-hybridized carbons (Fsp3) is 0.600. The average Bonchev–Trinajstić information content (AvgIpc) is 2.19. The predicted octanol–water partition coefficient (Wildman–Crippen LogP) is 1.30. The Kier molecular flexibility index (Phi) is 3.71. The fourth-order valence-corrected chi connectivity index (χ4v) is 1.14. The van der Waals surface area contributed by atoms with Crippen LogP contribution in [0.1, 0.15) is 20.8 Å². The summed E-state index contributed by atoms with van der Waals surface area (Å²) in [4.78, 5) is 10.1. The van der Waals surface area contributed by atoms with Crippen LogP contribution in [0.2, 0.25) is 0 Å². The largest absolute Gasteiger partial charge is 0.473 e. The number of nitrogen functional groups attached to an aromatic ring is 1. The molecule has 0 aromatic carbocycles. The van der Waals surface area contributed by atoms with E-state index >= 15 is 0 Å². The zero-order chi connectivity index (χ0) is 11.4. The molecule has 0 radical (unpaired) electrons. The zero-order valence-electron chi connectivity index (χ0n) is 9.69. The maximum absolute atomic E-state index is 5.92. The highest BCUT2D eigenvalue weighted by molar-refractivity contribution is 5.67. The average molecular weight is 210 g/mol. The number of hydrogen-bond acceptors (Lipinski definition) is 5. The molecule has 1 heterocycles. The van der Waals surface area contributed by atoms with Crippen LogP contribution in [0.25, 0.3) is 0 Å². The Balaban J connectivity index is 3.00. The van der Waals surface area contributed by atoms with Crippen molar-refractivity contribution in [3.63, 3.8) is 0 Å². The lowest BCUT2D eigenvalue weighted by Gasteiger charge is -2.19. The van der Waals surface area contributed by atoms with Gasteiger partial charge >= 0.3 is 0 Å². The normalized spacial score (nSPS) is 10.5. The molecule has 1 aromatic rings. The second kappa shape index (κ2) is 4.82. The van der Waals surface area contributed by atoms with Crippen molar-refractivity contribution in [3.8, 4) is 5.88 Å². The molecule has 2 N–H and O–H groups in total. The summed E-state index contributed by atoms with van der Waals surface area (Å²) in [5.41, 5.74) is 6.41. The lowest BCUT2D eigenvalue weighted by atomic mass is 10.4. The minimum Gasteiger partial charge on any atom is -0.473 e. The smallest absolute Gasteiger partial charge is 0.242 e. The van der Waals surface area contributed by atoms with Gasteiger partial charge in [0.1, 0.15) is 12.0 Å². The molecule has 0 aliphatic rings. The maximum atomic E-state index is 5.92. The molecule has 0 fully saturated rings. The molecule has 1 rings (SSSR count). The minimum atomic E-state index is 0.0574. The third kappa shape index (κ3) is 2.71. The van der Waals surface area contributed by atoms with Gasteiger partial charge in [0.05, 0.1) is 6.10 Å². The van der Waals surface area contributed by atoms with Crippen LogP contribution >= 0.6 is 0 Å². The third-order valence-electron chi connectivity index (χ3n) is 2.01. The van der Waals surface area contributed by atoms with E-state index < -0.39 is 0 Å². The summed E-state index contributed by atoms with van der Waals surface area (Å²) in [5.74, 6) is 1.17. The highest BCUT2D eigenvalue weighted by atomic mass is 16.5. The molecule has 0 saturated carbocycles. The van der Waals surface area contributed by atoms with Crippen LogP contribution in [-0.2, 0) is 0 Å². The molecular weight excluding hydrogens is 192 g/mol. The van der Waals surface area contributed by atoms with E-state index in [4.69, 9.17) is 10.5 Å². The molecule has 0 bridgehead atoms. The molecule has 0 saturated heterocycles. The van der Waals surface area contributed by atoms with E-state index in [-0.39, 0.29) is 6.10 Å². The minimum absolute atomic E-state index is 0.0574. The first kappa shape index (κ1) is 11.6. The molecule has 0 aliphatic carbocycles. The molecule has 0 spiro atoms. The van der Waals surface area contributed by atoms with Crippen molar-refractivity contribution in [2.75, 3.05) is 24.2 Å². The second-order valence-electron chi connectivity index (χ2n) is 3.60. The van der Waals surface area contributed by atoms with Crippen molar-refractivity contribution in [1.29, 1.82) is 0 Å². The molecule has 0 atom stereocenters. The lowest BCUT2D eigenvalue weighted by molar-refractivity contribution is 0.234. The van der Waals surface area contributed by atoms with E-state index in [9.17, 15) is 0 Å². The van der Waals surface area contributed by atoms with E-state index in [1.165, 1.54) is 6.33 Å². The number of ether oxygens (including phenoxy) is 1. The highest BCUT2D eigenvalue weighted by Crippen LogP contribution is 2.27. The van der Waals surface area contributed by atoms with Gasteiger partial charge in [-0.05, 0) is 20.8 Å². The van der Waals surface area contributed by atoms with Crippen molar-refractivity contribution in [2.24, 2.45) is 0 Å². The first-order chi connectivity index (χ1) is 7.06. The van der Waals surface area contributed by atoms with E-state index in [0.29, 0.717) is 17.4 Å². The molecule has 15 heavy (non-hydrogen) atoms. The van der Waals surface area contributed by atoms with Gasteiger partial charge < -0.3 is 15.4 Å². The Bertz CT molecular complexity index is 327.